The van der Waals surface area contributed by atoms with Gasteiger partial charge in [0, 0.05) is 36.3 Å². The van der Waals surface area contributed by atoms with Crippen molar-refractivity contribution < 1.29 is 4.74 Å². The Labute approximate surface area is 153 Å². The molecule has 0 amide bonds. The van der Waals surface area contributed by atoms with Gasteiger partial charge in [-0.1, -0.05) is 43.5 Å². The van der Waals surface area contributed by atoms with Crippen molar-refractivity contribution in [2.75, 3.05) is 6.61 Å². The largest absolute Gasteiger partial charge is 0.477 e. The Hall–Kier alpha value is -2.27. The highest BCUT2D eigenvalue weighted by molar-refractivity contribution is 8.16. The standard InChI is InChI=1S/C20H23N3OS/c1-5-8-15-10-12-24-20-18(15)22-19(23(20)4)17(6-2)25-14(3)16-9-7-11-21-13-16/h6-9,11,13H,3,5,10,12H2,1-2,4H3/b15-8-,17-6-. The Morgan fingerprint density at radius 3 is 3.00 bits per heavy atom. The van der Waals surface area contributed by atoms with Crippen LogP contribution in [0.25, 0.3) is 15.4 Å². The van der Waals surface area contributed by atoms with Gasteiger partial charge in [-0.3, -0.25) is 9.55 Å². The van der Waals surface area contributed by atoms with Gasteiger partial charge in [-0.25, -0.2) is 4.98 Å². The number of imidazole rings is 1. The van der Waals surface area contributed by atoms with Gasteiger partial charge in [0.15, 0.2) is 0 Å². The first-order valence-corrected chi connectivity index (χ1v) is 9.30. The molecule has 0 saturated heterocycles. The van der Waals surface area contributed by atoms with E-state index in [1.807, 2.05) is 36.9 Å². The number of rotatable bonds is 5. The summed E-state index contributed by atoms with van der Waals surface area (Å²) in [6.07, 6.45) is 9.83. The Bertz CT molecular complexity index is 834. The number of aromatic nitrogens is 3. The second kappa shape index (κ2) is 7.74. The lowest BCUT2D eigenvalue weighted by Gasteiger charge is -2.16. The number of fused-ring (bicyclic) bond motifs is 1. The van der Waals surface area contributed by atoms with E-state index in [2.05, 4.69) is 30.6 Å². The van der Waals surface area contributed by atoms with E-state index in [0.29, 0.717) is 6.61 Å². The lowest BCUT2D eigenvalue weighted by molar-refractivity contribution is 0.293. The molecule has 25 heavy (non-hydrogen) atoms. The predicted octanol–water partition coefficient (Wildman–Crippen LogP) is 5.16. The summed E-state index contributed by atoms with van der Waals surface area (Å²) < 4.78 is 7.93. The highest BCUT2D eigenvalue weighted by atomic mass is 32.2. The van der Waals surface area contributed by atoms with Crippen molar-refractivity contribution >= 4 is 27.1 Å². The molecule has 0 radical (unpaired) electrons. The van der Waals surface area contributed by atoms with Gasteiger partial charge in [-0.15, -0.1) is 0 Å². The zero-order valence-corrected chi connectivity index (χ0v) is 15.8. The molecule has 130 valence electrons. The van der Waals surface area contributed by atoms with E-state index in [0.717, 1.165) is 45.6 Å². The monoisotopic (exact) mass is 353 g/mol. The van der Waals surface area contributed by atoms with Crippen molar-refractivity contribution in [3.63, 3.8) is 0 Å². The summed E-state index contributed by atoms with van der Waals surface area (Å²) in [4.78, 5) is 11.1. The molecule has 0 aliphatic carbocycles. The molecule has 0 unspecified atom stereocenters. The number of allylic oxidation sites excluding steroid dienone is 2. The fourth-order valence-electron chi connectivity index (χ4n) is 2.85. The van der Waals surface area contributed by atoms with E-state index >= 15 is 0 Å². The SMILES string of the molecule is C=C(S/C(=C\C)c1nc2c(n1C)OCC/C2=C/CC)c1cccnc1. The summed E-state index contributed by atoms with van der Waals surface area (Å²) >= 11 is 1.61. The van der Waals surface area contributed by atoms with Crippen LogP contribution in [0.3, 0.4) is 0 Å². The minimum atomic E-state index is 0.707. The van der Waals surface area contributed by atoms with Gasteiger partial charge in [0.1, 0.15) is 11.5 Å². The van der Waals surface area contributed by atoms with Gasteiger partial charge in [0.25, 0.3) is 0 Å². The molecule has 0 atom stereocenters. The molecule has 3 heterocycles. The van der Waals surface area contributed by atoms with Crippen molar-refractivity contribution in [3.05, 3.63) is 60.3 Å². The summed E-state index contributed by atoms with van der Waals surface area (Å²) in [7, 11) is 2.01. The second-order valence-electron chi connectivity index (χ2n) is 5.80. The van der Waals surface area contributed by atoms with Crippen molar-refractivity contribution in [2.45, 2.75) is 26.7 Å². The zero-order valence-electron chi connectivity index (χ0n) is 15.0. The van der Waals surface area contributed by atoms with Crippen LogP contribution < -0.4 is 4.74 Å². The molecular formula is C20H23N3OS. The van der Waals surface area contributed by atoms with Crippen LogP contribution in [0.15, 0.2) is 43.3 Å². The lowest BCUT2D eigenvalue weighted by Crippen LogP contribution is -2.09. The van der Waals surface area contributed by atoms with E-state index in [-0.39, 0.29) is 0 Å². The number of hydrogen-bond acceptors (Lipinski definition) is 4. The third-order valence-corrected chi connectivity index (χ3v) is 5.23. The van der Waals surface area contributed by atoms with Gasteiger partial charge in [-0.2, -0.15) is 0 Å². The molecule has 5 heteroatoms. The highest BCUT2D eigenvalue weighted by Crippen LogP contribution is 2.41. The van der Waals surface area contributed by atoms with Gasteiger partial charge in [0.2, 0.25) is 5.88 Å². The maximum atomic E-state index is 5.89. The average molecular weight is 353 g/mol. The maximum Gasteiger partial charge on any atom is 0.221 e. The summed E-state index contributed by atoms with van der Waals surface area (Å²) in [5.74, 6) is 1.76. The molecule has 1 aliphatic rings. The van der Waals surface area contributed by atoms with Crippen molar-refractivity contribution in [1.82, 2.24) is 14.5 Å². The third-order valence-electron chi connectivity index (χ3n) is 4.11. The zero-order chi connectivity index (χ0) is 17.8. The van der Waals surface area contributed by atoms with Crippen LogP contribution >= 0.6 is 11.8 Å². The Kier molecular flexibility index (Phi) is 5.43. The molecule has 0 aromatic carbocycles. The minimum Gasteiger partial charge on any atom is -0.477 e. The molecule has 0 bridgehead atoms. The van der Waals surface area contributed by atoms with Gasteiger partial charge >= 0.3 is 0 Å². The van der Waals surface area contributed by atoms with Crippen LogP contribution in [0.4, 0.5) is 0 Å². The summed E-state index contributed by atoms with van der Waals surface area (Å²) in [6, 6.07) is 3.94. The number of hydrogen-bond donors (Lipinski definition) is 0. The Morgan fingerprint density at radius 2 is 2.32 bits per heavy atom. The van der Waals surface area contributed by atoms with Crippen LogP contribution in [0.1, 0.15) is 43.8 Å². The summed E-state index contributed by atoms with van der Waals surface area (Å²) in [5.41, 5.74) is 3.27. The number of nitrogens with zero attached hydrogens (tertiary/aromatic N) is 3. The Morgan fingerprint density at radius 1 is 1.48 bits per heavy atom. The van der Waals surface area contributed by atoms with Crippen LogP contribution in [0.2, 0.25) is 0 Å². The van der Waals surface area contributed by atoms with Gasteiger partial charge < -0.3 is 4.74 Å². The van der Waals surface area contributed by atoms with E-state index in [1.165, 1.54) is 5.57 Å². The highest BCUT2D eigenvalue weighted by Gasteiger charge is 2.25. The average Bonchev–Trinajstić information content (AvgIpc) is 2.98. The molecule has 1 aliphatic heterocycles. The minimum absolute atomic E-state index is 0.707. The topological polar surface area (TPSA) is 39.9 Å². The van der Waals surface area contributed by atoms with Crippen LogP contribution in [0, 0.1) is 0 Å². The van der Waals surface area contributed by atoms with E-state index in [9.17, 15) is 0 Å². The summed E-state index contributed by atoms with van der Waals surface area (Å²) in [5, 5.41) is 0. The summed E-state index contributed by atoms with van der Waals surface area (Å²) in [6.45, 7) is 9.08. The van der Waals surface area contributed by atoms with Crippen molar-refractivity contribution in [2.24, 2.45) is 7.05 Å². The first kappa shape index (κ1) is 17.5. The van der Waals surface area contributed by atoms with E-state index in [1.54, 1.807) is 18.0 Å². The van der Waals surface area contributed by atoms with E-state index in [4.69, 9.17) is 9.72 Å². The number of thioether (sulfide) groups is 1. The number of ether oxygens (including phenoxy) is 1. The predicted molar refractivity (Wildman–Crippen MR) is 106 cm³/mol. The lowest BCUT2D eigenvalue weighted by atomic mass is 10.1. The first-order valence-electron chi connectivity index (χ1n) is 8.48. The molecule has 3 rings (SSSR count). The molecule has 0 fully saturated rings. The molecule has 2 aromatic heterocycles. The third kappa shape index (κ3) is 3.56. The molecule has 0 saturated carbocycles. The second-order valence-corrected chi connectivity index (χ2v) is 6.94. The first-order chi connectivity index (χ1) is 12.2. The van der Waals surface area contributed by atoms with Crippen molar-refractivity contribution in [3.8, 4) is 5.88 Å². The molecule has 2 aromatic rings. The van der Waals surface area contributed by atoms with Gasteiger partial charge in [0.05, 0.1) is 11.5 Å². The van der Waals surface area contributed by atoms with Crippen LogP contribution in [0.5, 0.6) is 5.88 Å². The molecule has 0 N–H and O–H groups in total. The maximum absolute atomic E-state index is 5.89. The normalized spacial score (nSPS) is 15.8. The van der Waals surface area contributed by atoms with E-state index < -0.39 is 0 Å². The van der Waals surface area contributed by atoms with Crippen molar-refractivity contribution in [1.29, 1.82) is 0 Å². The Balaban J connectivity index is 1.92. The van der Waals surface area contributed by atoms with Gasteiger partial charge in [-0.05, 0) is 25.0 Å². The van der Waals surface area contributed by atoms with Crippen LogP contribution in [-0.4, -0.2) is 21.1 Å². The quantitative estimate of drug-likeness (QED) is 0.745. The van der Waals surface area contributed by atoms with Crippen LogP contribution in [-0.2, 0) is 7.05 Å². The fourth-order valence-corrected chi connectivity index (χ4v) is 3.75. The number of pyridine rings is 1. The smallest absolute Gasteiger partial charge is 0.221 e. The fraction of sp³-hybridized carbons (Fsp3) is 0.300. The molecule has 4 nitrogen and oxygen atoms in total. The molecular weight excluding hydrogens is 330 g/mol. The molecule has 0 spiro atoms.